The summed E-state index contributed by atoms with van der Waals surface area (Å²) in [5.41, 5.74) is 0. The minimum atomic E-state index is -0.0000926. The maximum Gasteiger partial charge on any atom is 0.108 e. The van der Waals surface area contributed by atoms with E-state index >= 15 is 0 Å². The lowest BCUT2D eigenvalue weighted by atomic mass is 10.2. The molecule has 1 rings (SSSR count). The van der Waals surface area contributed by atoms with E-state index in [1.165, 1.54) is 12.8 Å². The molecule has 1 saturated carbocycles. The highest BCUT2D eigenvalue weighted by Gasteiger charge is 2.25. The number of hydrogen-bond donors (Lipinski definition) is 1. The highest BCUT2D eigenvalue weighted by molar-refractivity contribution is 4.97. The molecule has 0 aromatic heterocycles. The number of hydrogen-bond acceptors (Lipinski definition) is 3. The van der Waals surface area contributed by atoms with E-state index in [4.69, 9.17) is 5.26 Å². The van der Waals surface area contributed by atoms with Crippen LogP contribution in [0.1, 0.15) is 26.7 Å². The molecule has 1 fully saturated rings. The number of nitrogens with one attached hydrogen (secondary N) is 1. The van der Waals surface area contributed by atoms with Gasteiger partial charge < -0.3 is 4.90 Å². The highest BCUT2D eigenvalue weighted by atomic mass is 15.2. The van der Waals surface area contributed by atoms with E-state index < -0.39 is 0 Å². The van der Waals surface area contributed by atoms with E-state index in [9.17, 15) is 0 Å². The van der Waals surface area contributed by atoms with Crippen LogP contribution < -0.4 is 5.32 Å². The first-order valence-electron chi connectivity index (χ1n) is 4.99. The van der Waals surface area contributed by atoms with Crippen molar-refractivity contribution in [1.82, 2.24) is 10.2 Å². The quantitative estimate of drug-likeness (QED) is 0.687. The molecule has 13 heavy (non-hydrogen) atoms. The summed E-state index contributed by atoms with van der Waals surface area (Å²) in [5, 5.41) is 12.2. The summed E-state index contributed by atoms with van der Waals surface area (Å²) in [7, 11) is 2.06. The van der Waals surface area contributed by atoms with Crippen LogP contribution in [0.5, 0.6) is 0 Å². The van der Waals surface area contributed by atoms with Crippen molar-refractivity contribution < 1.29 is 0 Å². The van der Waals surface area contributed by atoms with Crippen molar-refractivity contribution in [3.05, 3.63) is 0 Å². The second-order valence-corrected chi connectivity index (χ2v) is 4.16. The first-order chi connectivity index (χ1) is 6.13. The van der Waals surface area contributed by atoms with Gasteiger partial charge in [0.05, 0.1) is 6.07 Å². The molecule has 1 unspecified atom stereocenters. The van der Waals surface area contributed by atoms with E-state index in [1.807, 2.05) is 0 Å². The van der Waals surface area contributed by atoms with E-state index in [0.717, 1.165) is 6.54 Å². The Labute approximate surface area is 80.7 Å². The zero-order valence-corrected chi connectivity index (χ0v) is 8.75. The number of rotatable bonds is 5. The van der Waals surface area contributed by atoms with E-state index in [0.29, 0.717) is 12.1 Å². The molecule has 3 nitrogen and oxygen atoms in total. The molecule has 1 atom stereocenters. The van der Waals surface area contributed by atoms with Crippen LogP contribution in [0.2, 0.25) is 0 Å². The predicted octanol–water partition coefficient (Wildman–Crippen LogP) is 0.971. The van der Waals surface area contributed by atoms with Gasteiger partial charge >= 0.3 is 0 Å². The smallest absolute Gasteiger partial charge is 0.108 e. The molecule has 1 aliphatic rings. The average Bonchev–Trinajstić information content (AvgIpc) is 2.86. The largest absolute Gasteiger partial charge is 0.301 e. The van der Waals surface area contributed by atoms with Gasteiger partial charge in [0, 0.05) is 18.6 Å². The second-order valence-electron chi connectivity index (χ2n) is 4.16. The van der Waals surface area contributed by atoms with Gasteiger partial charge in [-0.1, -0.05) is 0 Å². The first kappa shape index (κ1) is 10.5. The van der Waals surface area contributed by atoms with E-state index in [2.05, 4.69) is 37.2 Å². The maximum absolute atomic E-state index is 8.89. The van der Waals surface area contributed by atoms with Gasteiger partial charge in [0.2, 0.25) is 0 Å². The zero-order chi connectivity index (χ0) is 9.84. The molecule has 0 aliphatic heterocycles. The summed E-state index contributed by atoms with van der Waals surface area (Å²) < 4.78 is 0. The van der Waals surface area contributed by atoms with Crippen LogP contribution in [-0.4, -0.2) is 36.6 Å². The van der Waals surface area contributed by atoms with Gasteiger partial charge in [0.1, 0.15) is 6.04 Å². The summed E-state index contributed by atoms with van der Waals surface area (Å²) in [6.45, 7) is 5.11. The monoisotopic (exact) mass is 181 g/mol. The van der Waals surface area contributed by atoms with E-state index in [1.54, 1.807) is 0 Å². The van der Waals surface area contributed by atoms with Crippen molar-refractivity contribution in [2.75, 3.05) is 13.6 Å². The van der Waals surface area contributed by atoms with Crippen molar-refractivity contribution >= 4 is 0 Å². The molecule has 0 bridgehead atoms. The van der Waals surface area contributed by atoms with Crippen molar-refractivity contribution in [2.24, 2.45) is 0 Å². The molecule has 0 spiro atoms. The fourth-order valence-corrected chi connectivity index (χ4v) is 1.16. The molecule has 0 aromatic carbocycles. The third kappa shape index (κ3) is 3.75. The Balaban J connectivity index is 2.26. The minimum absolute atomic E-state index is 0.0000926. The number of nitriles is 1. The van der Waals surface area contributed by atoms with Gasteiger partial charge in [-0.25, -0.2) is 0 Å². The molecule has 0 aromatic rings. The SMILES string of the molecule is CC(C)N(C)CC(C#N)NC1CC1. The number of likely N-dealkylation sites (N-methyl/N-ethyl adjacent to an activating group) is 1. The first-order valence-corrected chi connectivity index (χ1v) is 4.99. The molecule has 0 amide bonds. The standard InChI is InChI=1S/C10H19N3/c1-8(2)13(3)7-10(6-11)12-9-4-5-9/h8-10,12H,4-5,7H2,1-3H3. The van der Waals surface area contributed by atoms with Crippen LogP contribution in [0.3, 0.4) is 0 Å². The van der Waals surface area contributed by atoms with Crippen LogP contribution in [0.15, 0.2) is 0 Å². The van der Waals surface area contributed by atoms with Crippen molar-refractivity contribution in [1.29, 1.82) is 5.26 Å². The molecular formula is C10H19N3. The summed E-state index contributed by atoms with van der Waals surface area (Å²) >= 11 is 0. The van der Waals surface area contributed by atoms with Crippen molar-refractivity contribution in [3.8, 4) is 6.07 Å². The summed E-state index contributed by atoms with van der Waals surface area (Å²) in [5.74, 6) is 0. The van der Waals surface area contributed by atoms with Gasteiger partial charge in [-0.2, -0.15) is 5.26 Å². The fourth-order valence-electron chi connectivity index (χ4n) is 1.16. The highest BCUT2D eigenvalue weighted by Crippen LogP contribution is 2.19. The van der Waals surface area contributed by atoms with Gasteiger partial charge in [-0.05, 0) is 33.7 Å². The Kier molecular flexibility index (Phi) is 3.71. The molecule has 0 heterocycles. The molecular weight excluding hydrogens is 162 g/mol. The van der Waals surface area contributed by atoms with Gasteiger partial charge in [-0.3, -0.25) is 5.32 Å². The van der Waals surface area contributed by atoms with Gasteiger partial charge in [-0.15, -0.1) is 0 Å². The average molecular weight is 181 g/mol. The Morgan fingerprint density at radius 2 is 2.15 bits per heavy atom. The summed E-state index contributed by atoms with van der Waals surface area (Å²) in [6.07, 6.45) is 2.48. The van der Waals surface area contributed by atoms with Crippen LogP contribution >= 0.6 is 0 Å². The molecule has 0 saturated heterocycles. The Morgan fingerprint density at radius 1 is 1.54 bits per heavy atom. The summed E-state index contributed by atoms with van der Waals surface area (Å²) in [4.78, 5) is 2.20. The van der Waals surface area contributed by atoms with Crippen molar-refractivity contribution in [3.63, 3.8) is 0 Å². The Hall–Kier alpha value is -0.590. The lowest BCUT2D eigenvalue weighted by Crippen LogP contribution is -2.42. The molecule has 1 aliphatic carbocycles. The molecule has 0 radical (unpaired) electrons. The third-order valence-corrected chi connectivity index (χ3v) is 2.52. The van der Waals surface area contributed by atoms with Crippen LogP contribution in [-0.2, 0) is 0 Å². The maximum atomic E-state index is 8.89. The van der Waals surface area contributed by atoms with Crippen LogP contribution in [0, 0.1) is 11.3 Å². The molecule has 74 valence electrons. The van der Waals surface area contributed by atoms with E-state index in [-0.39, 0.29) is 6.04 Å². The Morgan fingerprint density at radius 3 is 2.54 bits per heavy atom. The van der Waals surface area contributed by atoms with Crippen molar-refractivity contribution in [2.45, 2.75) is 44.8 Å². The fraction of sp³-hybridized carbons (Fsp3) is 0.900. The minimum Gasteiger partial charge on any atom is -0.301 e. The second kappa shape index (κ2) is 4.59. The number of nitrogens with zero attached hydrogens (tertiary/aromatic N) is 2. The predicted molar refractivity (Wildman–Crippen MR) is 53.3 cm³/mol. The third-order valence-electron chi connectivity index (χ3n) is 2.52. The lowest BCUT2D eigenvalue weighted by Gasteiger charge is -2.23. The van der Waals surface area contributed by atoms with Gasteiger partial charge in [0.15, 0.2) is 0 Å². The molecule has 1 N–H and O–H groups in total. The summed E-state index contributed by atoms with van der Waals surface area (Å²) in [6, 6.07) is 3.43. The van der Waals surface area contributed by atoms with Crippen LogP contribution in [0.4, 0.5) is 0 Å². The zero-order valence-electron chi connectivity index (χ0n) is 8.75. The normalized spacial score (nSPS) is 19.1. The van der Waals surface area contributed by atoms with Gasteiger partial charge in [0.25, 0.3) is 0 Å². The molecule has 3 heteroatoms. The topological polar surface area (TPSA) is 39.1 Å². The van der Waals surface area contributed by atoms with Crippen LogP contribution in [0.25, 0.3) is 0 Å². The Bertz CT molecular complexity index is 191. The lowest BCUT2D eigenvalue weighted by molar-refractivity contribution is 0.257.